The molecular formula is C24H32N6O5. The number of fused-ring (bicyclic) bond motifs is 1. The summed E-state index contributed by atoms with van der Waals surface area (Å²) < 4.78 is 1.17. The molecule has 3 heterocycles. The van der Waals surface area contributed by atoms with Crippen LogP contribution in [-0.2, 0) is 9.59 Å². The van der Waals surface area contributed by atoms with Gasteiger partial charge in [0.15, 0.2) is 0 Å². The number of imide groups is 1. The molecule has 0 bridgehead atoms. The maximum Gasteiger partial charge on any atom is 0.404 e. The molecule has 0 radical (unpaired) electrons. The van der Waals surface area contributed by atoms with Gasteiger partial charge in [0.05, 0.1) is 11.6 Å². The van der Waals surface area contributed by atoms with E-state index >= 15 is 0 Å². The molecule has 2 unspecified atom stereocenters. The zero-order valence-corrected chi connectivity index (χ0v) is 20.3. The van der Waals surface area contributed by atoms with Crippen molar-refractivity contribution in [2.75, 3.05) is 37.6 Å². The lowest BCUT2D eigenvalue weighted by molar-refractivity contribution is -0.136. The number of carbonyl (C=O) groups is 3. The molecule has 11 heteroatoms. The van der Waals surface area contributed by atoms with Crippen LogP contribution in [-0.4, -0.2) is 76.5 Å². The van der Waals surface area contributed by atoms with Gasteiger partial charge in [0.2, 0.25) is 5.91 Å². The van der Waals surface area contributed by atoms with E-state index in [2.05, 4.69) is 46.3 Å². The largest absolute Gasteiger partial charge is 0.465 e. The highest BCUT2D eigenvalue weighted by Gasteiger charge is 2.35. The zero-order valence-electron chi connectivity index (χ0n) is 20.3. The molecule has 2 aliphatic heterocycles. The summed E-state index contributed by atoms with van der Waals surface area (Å²) in [5, 5.41) is 19.0. The molecular weight excluding hydrogens is 452 g/mol. The van der Waals surface area contributed by atoms with Crippen molar-refractivity contribution in [1.29, 1.82) is 0 Å². The molecule has 2 saturated heterocycles. The van der Waals surface area contributed by atoms with E-state index < -0.39 is 18.0 Å². The molecule has 3 N–H and O–H groups in total. The summed E-state index contributed by atoms with van der Waals surface area (Å²) in [5.41, 5.74) is 0.609. The summed E-state index contributed by atoms with van der Waals surface area (Å²) in [4.78, 5) is 52.2. The fourth-order valence-corrected chi connectivity index (χ4v) is 4.94. The van der Waals surface area contributed by atoms with Crippen molar-refractivity contribution in [2.45, 2.75) is 45.7 Å². The number of nitrogens with zero attached hydrogens (tertiary/aromatic N) is 4. The second-order valence-electron chi connectivity index (χ2n) is 10.2. The minimum absolute atomic E-state index is 0.0179. The van der Waals surface area contributed by atoms with Crippen LogP contribution < -0.4 is 21.1 Å². The Morgan fingerprint density at radius 1 is 1.23 bits per heavy atom. The molecule has 1 aromatic carbocycles. The van der Waals surface area contributed by atoms with Crippen molar-refractivity contribution in [3.63, 3.8) is 0 Å². The van der Waals surface area contributed by atoms with Crippen molar-refractivity contribution >= 4 is 34.4 Å². The number of aromatic nitrogens is 2. The predicted molar refractivity (Wildman–Crippen MR) is 130 cm³/mol. The van der Waals surface area contributed by atoms with Gasteiger partial charge in [-0.3, -0.25) is 24.6 Å². The summed E-state index contributed by atoms with van der Waals surface area (Å²) in [6.45, 7) is 9.89. The van der Waals surface area contributed by atoms with Crippen molar-refractivity contribution < 1.29 is 19.5 Å². The molecule has 188 valence electrons. The van der Waals surface area contributed by atoms with E-state index in [1.165, 1.54) is 4.68 Å². The molecule has 2 aromatic rings. The molecule has 2 fully saturated rings. The smallest absolute Gasteiger partial charge is 0.404 e. The lowest BCUT2D eigenvalue weighted by atomic mass is 9.84. The Labute approximate surface area is 203 Å². The highest BCUT2D eigenvalue weighted by Crippen LogP contribution is 2.30. The first-order valence-electron chi connectivity index (χ1n) is 11.9. The van der Waals surface area contributed by atoms with E-state index in [9.17, 15) is 19.2 Å². The normalized spacial score (nSPS) is 21.7. The molecule has 2 atom stereocenters. The highest BCUT2D eigenvalue weighted by molar-refractivity contribution is 5.99. The van der Waals surface area contributed by atoms with Gasteiger partial charge in [-0.1, -0.05) is 20.8 Å². The van der Waals surface area contributed by atoms with Gasteiger partial charge in [0.25, 0.3) is 11.5 Å². The topological polar surface area (TPSA) is 137 Å². The second-order valence-corrected chi connectivity index (χ2v) is 10.2. The Kier molecular flexibility index (Phi) is 6.79. The first-order chi connectivity index (χ1) is 16.5. The van der Waals surface area contributed by atoms with Gasteiger partial charge >= 0.3 is 6.09 Å². The van der Waals surface area contributed by atoms with Gasteiger partial charge in [0, 0.05) is 56.3 Å². The van der Waals surface area contributed by atoms with Crippen LogP contribution in [0, 0.1) is 5.41 Å². The van der Waals surface area contributed by atoms with Crippen LogP contribution in [0.5, 0.6) is 0 Å². The number of carbonyl (C=O) groups excluding carboxylic acids is 2. The van der Waals surface area contributed by atoms with Crippen molar-refractivity contribution in [2.24, 2.45) is 5.41 Å². The third-order valence-electron chi connectivity index (χ3n) is 6.83. The molecule has 11 nitrogen and oxygen atoms in total. The molecule has 0 spiro atoms. The Bertz CT molecular complexity index is 1200. The Hall–Kier alpha value is -3.47. The van der Waals surface area contributed by atoms with E-state index in [-0.39, 0.29) is 35.8 Å². The van der Waals surface area contributed by atoms with Gasteiger partial charge < -0.3 is 15.3 Å². The Morgan fingerprint density at radius 3 is 2.69 bits per heavy atom. The van der Waals surface area contributed by atoms with Crippen molar-refractivity contribution in [3.8, 4) is 0 Å². The number of amides is 3. The quantitative estimate of drug-likeness (QED) is 0.538. The van der Waals surface area contributed by atoms with Crippen molar-refractivity contribution in [1.82, 2.24) is 25.3 Å². The first kappa shape index (κ1) is 24.6. The summed E-state index contributed by atoms with van der Waals surface area (Å²) in [7, 11) is 0. The molecule has 1 aromatic heterocycles. The zero-order chi connectivity index (χ0) is 25.3. The van der Waals surface area contributed by atoms with Gasteiger partial charge in [-0.05, 0) is 30.0 Å². The van der Waals surface area contributed by atoms with Crippen LogP contribution in [0.2, 0.25) is 0 Å². The number of hydrogen-bond acceptors (Lipinski definition) is 7. The van der Waals surface area contributed by atoms with Crippen LogP contribution in [0.15, 0.2) is 29.2 Å². The maximum absolute atomic E-state index is 13.1. The van der Waals surface area contributed by atoms with E-state index in [0.29, 0.717) is 23.9 Å². The van der Waals surface area contributed by atoms with E-state index in [1.807, 2.05) is 12.1 Å². The number of piperazine rings is 1. The number of rotatable bonds is 5. The molecule has 4 rings (SSSR count). The van der Waals surface area contributed by atoms with Crippen LogP contribution in [0.3, 0.4) is 0 Å². The third kappa shape index (κ3) is 5.29. The maximum atomic E-state index is 13.1. The minimum Gasteiger partial charge on any atom is -0.465 e. The summed E-state index contributed by atoms with van der Waals surface area (Å²) in [6.07, 6.45) is 1.01. The lowest BCUT2D eigenvalue weighted by Gasteiger charge is -2.48. The predicted octanol–water partition coefficient (Wildman–Crippen LogP) is 1.18. The number of anilines is 1. The summed E-state index contributed by atoms with van der Waals surface area (Å²) in [5.74, 6) is -0.840. The van der Waals surface area contributed by atoms with Crippen LogP contribution >= 0.6 is 0 Å². The van der Waals surface area contributed by atoms with Gasteiger partial charge in [-0.25, -0.2) is 9.48 Å². The molecule has 0 saturated carbocycles. The standard InChI is InChI=1S/C24H32N6O5/c1-24(2,3)19-14-29(11-10-28(19)9-8-25-23(34)35)16-4-5-17-15(12-16)13-26-30(22(17)33)18-6-7-20(31)27-21(18)32/h4-5,12-13,18-19,25H,6-11,14H2,1-3H3,(H,34,35)(H,27,31,32). The van der Waals surface area contributed by atoms with E-state index in [1.54, 1.807) is 12.3 Å². The average Bonchev–Trinajstić information content (AvgIpc) is 2.79. The molecule has 2 aliphatic rings. The second kappa shape index (κ2) is 9.65. The van der Waals surface area contributed by atoms with Crippen molar-refractivity contribution in [3.05, 3.63) is 34.7 Å². The number of carboxylic acid groups (broad SMARTS) is 1. The van der Waals surface area contributed by atoms with Gasteiger partial charge in [-0.2, -0.15) is 5.10 Å². The van der Waals surface area contributed by atoms with E-state index in [0.717, 1.165) is 25.3 Å². The number of benzene rings is 1. The summed E-state index contributed by atoms with van der Waals surface area (Å²) in [6, 6.07) is 5.05. The first-order valence-corrected chi connectivity index (χ1v) is 11.9. The summed E-state index contributed by atoms with van der Waals surface area (Å²) >= 11 is 0. The van der Waals surface area contributed by atoms with Gasteiger partial charge in [-0.15, -0.1) is 0 Å². The van der Waals surface area contributed by atoms with Crippen LogP contribution in [0.25, 0.3) is 10.8 Å². The van der Waals surface area contributed by atoms with Gasteiger partial charge in [0.1, 0.15) is 6.04 Å². The van der Waals surface area contributed by atoms with E-state index in [4.69, 9.17) is 5.11 Å². The highest BCUT2D eigenvalue weighted by atomic mass is 16.4. The minimum atomic E-state index is -1.02. The molecule has 3 amide bonds. The number of nitrogens with one attached hydrogen (secondary N) is 2. The fourth-order valence-electron chi connectivity index (χ4n) is 4.94. The molecule has 35 heavy (non-hydrogen) atoms. The lowest BCUT2D eigenvalue weighted by Crippen LogP contribution is -2.59. The SMILES string of the molecule is CC(C)(C)C1CN(c2ccc3c(=O)n(C4CCC(=O)NC4=O)ncc3c2)CCN1CCNC(=O)O. The monoisotopic (exact) mass is 484 g/mol. The van der Waals surface area contributed by atoms with Crippen LogP contribution in [0.1, 0.15) is 39.7 Å². The number of piperidine rings is 1. The fraction of sp³-hybridized carbons (Fsp3) is 0.542. The number of hydrogen-bond donors (Lipinski definition) is 3. The molecule has 0 aliphatic carbocycles. The van der Waals surface area contributed by atoms with Crippen LogP contribution in [0.4, 0.5) is 10.5 Å². The Balaban J connectivity index is 1.55. The average molecular weight is 485 g/mol. The third-order valence-corrected chi connectivity index (χ3v) is 6.83. The Morgan fingerprint density at radius 2 is 2.00 bits per heavy atom.